The lowest BCUT2D eigenvalue weighted by atomic mass is 9.97. The molecule has 3 N–H and O–H groups in total. The van der Waals surface area contributed by atoms with Gasteiger partial charge in [0.25, 0.3) is 0 Å². The molecule has 1 aromatic carbocycles. The number of nitrogens with one attached hydrogen (secondary N) is 3. The maximum atomic E-state index is 12.2. The number of carbonyl (C=O) groups is 1. The topological polar surface area (TPSA) is 87.3 Å². The van der Waals surface area contributed by atoms with Gasteiger partial charge >= 0.3 is 0 Å². The fourth-order valence-corrected chi connectivity index (χ4v) is 3.46. The van der Waals surface area contributed by atoms with Gasteiger partial charge in [0.05, 0.1) is 4.90 Å². The van der Waals surface area contributed by atoms with Gasteiger partial charge in [0.1, 0.15) is 0 Å². The van der Waals surface area contributed by atoms with E-state index < -0.39 is 10.0 Å². The Labute approximate surface area is 125 Å². The predicted octanol–water partition coefficient (Wildman–Crippen LogP) is 0.841. The average Bonchev–Trinajstić information content (AvgIpc) is 2.50. The van der Waals surface area contributed by atoms with Crippen molar-refractivity contribution in [1.29, 1.82) is 0 Å². The molecule has 116 valence electrons. The minimum atomic E-state index is -3.52. The van der Waals surface area contributed by atoms with Crippen LogP contribution in [-0.4, -0.2) is 34.5 Å². The van der Waals surface area contributed by atoms with E-state index in [9.17, 15) is 13.2 Å². The number of hydrogen-bond donors (Lipinski definition) is 3. The standard InChI is InChI=1S/C14H21N3O3S/c1-10-12(4-3-5-13(10)21(19,20)15-2)17-14(18)11-6-8-16-9-7-11/h3-5,11,15-16H,6-9H2,1-2H3,(H,17,18). The number of carbonyl (C=O) groups excluding carboxylic acids is 1. The maximum Gasteiger partial charge on any atom is 0.240 e. The molecule has 1 aromatic rings. The van der Waals surface area contributed by atoms with Crippen LogP contribution in [0.4, 0.5) is 5.69 Å². The monoisotopic (exact) mass is 311 g/mol. The van der Waals surface area contributed by atoms with Crippen LogP contribution in [0.3, 0.4) is 0 Å². The summed E-state index contributed by atoms with van der Waals surface area (Å²) in [6.07, 6.45) is 1.61. The summed E-state index contributed by atoms with van der Waals surface area (Å²) in [6, 6.07) is 4.89. The van der Waals surface area contributed by atoms with Gasteiger partial charge in [-0.2, -0.15) is 0 Å². The van der Waals surface area contributed by atoms with Crippen molar-refractivity contribution in [2.75, 3.05) is 25.5 Å². The van der Waals surface area contributed by atoms with Crippen LogP contribution < -0.4 is 15.4 Å². The molecular weight excluding hydrogens is 290 g/mol. The molecule has 0 bridgehead atoms. The molecule has 1 saturated heterocycles. The molecule has 1 amide bonds. The van der Waals surface area contributed by atoms with E-state index in [1.807, 2.05) is 0 Å². The van der Waals surface area contributed by atoms with E-state index >= 15 is 0 Å². The third kappa shape index (κ3) is 3.61. The van der Waals surface area contributed by atoms with Crippen LogP contribution in [-0.2, 0) is 14.8 Å². The first kappa shape index (κ1) is 15.9. The first-order valence-corrected chi connectivity index (χ1v) is 8.49. The lowest BCUT2D eigenvalue weighted by Gasteiger charge is -2.22. The second-order valence-electron chi connectivity index (χ2n) is 5.15. The molecule has 0 atom stereocenters. The zero-order chi connectivity index (χ0) is 15.5. The highest BCUT2D eigenvalue weighted by molar-refractivity contribution is 7.89. The Morgan fingerprint density at radius 2 is 1.95 bits per heavy atom. The van der Waals surface area contributed by atoms with E-state index in [2.05, 4.69) is 15.4 Å². The summed E-state index contributed by atoms with van der Waals surface area (Å²) in [5.41, 5.74) is 1.10. The lowest BCUT2D eigenvalue weighted by Crippen LogP contribution is -2.34. The van der Waals surface area contributed by atoms with Gasteiger partial charge in [-0.15, -0.1) is 0 Å². The number of sulfonamides is 1. The SMILES string of the molecule is CNS(=O)(=O)c1cccc(NC(=O)C2CCNCC2)c1C. The molecule has 21 heavy (non-hydrogen) atoms. The number of hydrogen-bond acceptors (Lipinski definition) is 4. The second kappa shape index (κ2) is 6.55. The van der Waals surface area contributed by atoms with Crippen molar-refractivity contribution in [3.8, 4) is 0 Å². The summed E-state index contributed by atoms with van der Waals surface area (Å²) in [6.45, 7) is 3.37. The first-order chi connectivity index (χ1) is 9.95. The third-order valence-electron chi connectivity index (χ3n) is 3.81. The summed E-state index contributed by atoms with van der Waals surface area (Å²) in [7, 11) is -2.15. The molecule has 0 aromatic heterocycles. The van der Waals surface area contributed by atoms with E-state index in [0.717, 1.165) is 25.9 Å². The van der Waals surface area contributed by atoms with E-state index in [-0.39, 0.29) is 16.7 Å². The van der Waals surface area contributed by atoms with E-state index in [1.165, 1.54) is 13.1 Å². The molecule has 0 radical (unpaired) electrons. The molecule has 7 heteroatoms. The smallest absolute Gasteiger partial charge is 0.240 e. The molecule has 6 nitrogen and oxygen atoms in total. The Bertz CT molecular complexity index is 622. The van der Waals surface area contributed by atoms with Gasteiger partial charge < -0.3 is 10.6 Å². The molecule has 1 heterocycles. The van der Waals surface area contributed by atoms with Gasteiger partial charge in [0.2, 0.25) is 15.9 Å². The molecule has 0 spiro atoms. The van der Waals surface area contributed by atoms with Crippen molar-refractivity contribution in [1.82, 2.24) is 10.0 Å². The number of rotatable bonds is 4. The Morgan fingerprint density at radius 3 is 2.57 bits per heavy atom. The number of benzene rings is 1. The number of piperidine rings is 1. The van der Waals surface area contributed by atoms with Gasteiger partial charge in [-0.3, -0.25) is 4.79 Å². The van der Waals surface area contributed by atoms with Crippen LogP contribution in [0.25, 0.3) is 0 Å². The molecule has 2 rings (SSSR count). The predicted molar refractivity (Wildman–Crippen MR) is 81.6 cm³/mol. The fourth-order valence-electron chi connectivity index (χ4n) is 2.47. The third-order valence-corrected chi connectivity index (χ3v) is 5.37. The summed E-state index contributed by atoms with van der Waals surface area (Å²) < 4.78 is 26.2. The molecule has 1 aliphatic heterocycles. The molecule has 0 aliphatic carbocycles. The average molecular weight is 311 g/mol. The minimum Gasteiger partial charge on any atom is -0.326 e. The van der Waals surface area contributed by atoms with Crippen LogP contribution in [0.1, 0.15) is 18.4 Å². The Hall–Kier alpha value is -1.44. The summed E-state index contributed by atoms with van der Waals surface area (Å²) in [5, 5.41) is 6.07. The van der Waals surface area contributed by atoms with E-state index in [0.29, 0.717) is 11.3 Å². The van der Waals surface area contributed by atoms with Gasteiger partial charge in [-0.25, -0.2) is 13.1 Å². The van der Waals surface area contributed by atoms with Gasteiger partial charge in [-0.05, 0) is 57.6 Å². The molecule has 0 unspecified atom stereocenters. The van der Waals surface area contributed by atoms with Crippen molar-refractivity contribution in [2.24, 2.45) is 5.92 Å². The van der Waals surface area contributed by atoms with E-state index in [4.69, 9.17) is 0 Å². The van der Waals surface area contributed by atoms with Crippen molar-refractivity contribution in [3.05, 3.63) is 23.8 Å². The molecule has 0 saturated carbocycles. The highest BCUT2D eigenvalue weighted by Crippen LogP contribution is 2.24. The van der Waals surface area contributed by atoms with Crippen molar-refractivity contribution in [2.45, 2.75) is 24.7 Å². The summed E-state index contributed by atoms with van der Waals surface area (Å²) in [4.78, 5) is 12.4. The highest BCUT2D eigenvalue weighted by atomic mass is 32.2. The van der Waals surface area contributed by atoms with Crippen molar-refractivity contribution in [3.63, 3.8) is 0 Å². The number of anilines is 1. The Morgan fingerprint density at radius 1 is 1.29 bits per heavy atom. The number of amides is 1. The second-order valence-corrected chi connectivity index (χ2v) is 7.00. The van der Waals surface area contributed by atoms with Crippen LogP contribution in [0.2, 0.25) is 0 Å². The normalized spacial score (nSPS) is 16.7. The van der Waals surface area contributed by atoms with Gasteiger partial charge in [0, 0.05) is 11.6 Å². The zero-order valence-electron chi connectivity index (χ0n) is 12.3. The van der Waals surface area contributed by atoms with Gasteiger partial charge in [0.15, 0.2) is 0 Å². The Kier molecular flexibility index (Phi) is 4.97. The Balaban J connectivity index is 2.21. The summed E-state index contributed by atoms with van der Waals surface area (Å²) >= 11 is 0. The first-order valence-electron chi connectivity index (χ1n) is 7.00. The molecular formula is C14H21N3O3S. The van der Waals surface area contributed by atoms with Crippen LogP contribution >= 0.6 is 0 Å². The zero-order valence-corrected chi connectivity index (χ0v) is 13.1. The molecule has 1 aliphatic rings. The van der Waals surface area contributed by atoms with Crippen molar-refractivity contribution < 1.29 is 13.2 Å². The largest absolute Gasteiger partial charge is 0.326 e. The summed E-state index contributed by atoms with van der Waals surface area (Å²) in [5.74, 6) is -0.0613. The van der Waals surface area contributed by atoms with Crippen LogP contribution in [0, 0.1) is 12.8 Å². The van der Waals surface area contributed by atoms with Crippen LogP contribution in [0.15, 0.2) is 23.1 Å². The highest BCUT2D eigenvalue weighted by Gasteiger charge is 2.22. The molecule has 1 fully saturated rings. The van der Waals surface area contributed by atoms with Crippen LogP contribution in [0.5, 0.6) is 0 Å². The lowest BCUT2D eigenvalue weighted by molar-refractivity contribution is -0.120. The van der Waals surface area contributed by atoms with Gasteiger partial charge in [-0.1, -0.05) is 6.07 Å². The fraction of sp³-hybridized carbons (Fsp3) is 0.500. The van der Waals surface area contributed by atoms with E-state index in [1.54, 1.807) is 19.1 Å². The quantitative estimate of drug-likeness (QED) is 0.769. The minimum absolute atomic E-state index is 0.0183. The van der Waals surface area contributed by atoms with Crippen molar-refractivity contribution >= 4 is 21.6 Å². The maximum absolute atomic E-state index is 12.2.